The second kappa shape index (κ2) is 5.95. The summed E-state index contributed by atoms with van der Waals surface area (Å²) in [4.78, 5) is 17.2. The van der Waals surface area contributed by atoms with Gasteiger partial charge < -0.3 is 9.72 Å². The molecule has 1 amide bonds. The number of aryl methyl sites for hydroxylation is 2. The Morgan fingerprint density at radius 1 is 1.28 bits per heavy atom. The minimum absolute atomic E-state index is 0.00552. The van der Waals surface area contributed by atoms with Crippen molar-refractivity contribution in [1.82, 2.24) is 9.38 Å². The summed E-state index contributed by atoms with van der Waals surface area (Å²) in [5.74, 6) is -1.95. The molecule has 6 heteroatoms. The van der Waals surface area contributed by atoms with Gasteiger partial charge in [-0.3, -0.25) is 4.79 Å². The van der Waals surface area contributed by atoms with Crippen LogP contribution < -0.4 is 5.32 Å². The van der Waals surface area contributed by atoms with Gasteiger partial charge in [-0.15, -0.1) is 0 Å². The van der Waals surface area contributed by atoms with Crippen molar-refractivity contribution in [2.24, 2.45) is 5.92 Å². The van der Waals surface area contributed by atoms with E-state index in [1.54, 1.807) is 0 Å². The zero-order valence-electron chi connectivity index (χ0n) is 13.7. The van der Waals surface area contributed by atoms with Gasteiger partial charge in [0.05, 0.1) is 11.4 Å². The maximum Gasteiger partial charge on any atom is 0.227 e. The molecule has 3 aromatic rings. The fourth-order valence-corrected chi connectivity index (χ4v) is 3.36. The summed E-state index contributed by atoms with van der Waals surface area (Å²) < 4.78 is 28.7. The Balaban J connectivity index is 1.57. The number of fused-ring (bicyclic) bond motifs is 3. The number of rotatable bonds is 2. The first-order valence-electron chi connectivity index (χ1n) is 8.23. The molecule has 1 atom stereocenters. The first-order chi connectivity index (χ1) is 12.0. The van der Waals surface area contributed by atoms with Crippen molar-refractivity contribution < 1.29 is 13.6 Å². The minimum Gasteiger partial charge on any atom is -0.323 e. The van der Waals surface area contributed by atoms with Crippen molar-refractivity contribution >= 4 is 17.2 Å². The fourth-order valence-electron chi connectivity index (χ4n) is 3.36. The summed E-state index contributed by atoms with van der Waals surface area (Å²) in [5, 5.41) is 2.58. The van der Waals surface area contributed by atoms with Crippen LogP contribution in [0, 0.1) is 24.5 Å². The van der Waals surface area contributed by atoms with Crippen molar-refractivity contribution in [3.63, 3.8) is 0 Å². The molecular weight excluding hydrogens is 324 g/mol. The number of nitrogens with zero attached hydrogens (tertiary/aromatic N) is 2. The molecule has 0 bridgehead atoms. The number of imidazole rings is 1. The second-order valence-electron chi connectivity index (χ2n) is 6.49. The van der Waals surface area contributed by atoms with Crippen molar-refractivity contribution in [1.29, 1.82) is 0 Å². The molecule has 0 aliphatic heterocycles. The van der Waals surface area contributed by atoms with Gasteiger partial charge in [-0.25, -0.2) is 13.8 Å². The molecule has 2 aromatic heterocycles. The summed E-state index contributed by atoms with van der Waals surface area (Å²) in [7, 11) is 0. The average molecular weight is 341 g/mol. The second-order valence-corrected chi connectivity index (χ2v) is 6.49. The number of anilines is 1. The Morgan fingerprint density at radius 3 is 2.92 bits per heavy atom. The summed E-state index contributed by atoms with van der Waals surface area (Å²) >= 11 is 0. The molecule has 0 fully saturated rings. The summed E-state index contributed by atoms with van der Waals surface area (Å²) in [6.45, 7) is 2.02. The lowest BCUT2D eigenvalue weighted by molar-refractivity contribution is -0.120. The van der Waals surface area contributed by atoms with Crippen LogP contribution in [0.4, 0.5) is 14.5 Å². The van der Waals surface area contributed by atoms with Crippen LogP contribution >= 0.6 is 0 Å². The zero-order chi connectivity index (χ0) is 17.6. The van der Waals surface area contributed by atoms with Gasteiger partial charge >= 0.3 is 0 Å². The zero-order valence-corrected chi connectivity index (χ0v) is 13.7. The summed E-state index contributed by atoms with van der Waals surface area (Å²) in [5.41, 5.74) is 4.07. The highest BCUT2D eigenvalue weighted by atomic mass is 19.1. The van der Waals surface area contributed by atoms with Crippen molar-refractivity contribution in [3.05, 3.63) is 65.1 Å². The van der Waals surface area contributed by atoms with E-state index >= 15 is 0 Å². The molecule has 128 valence electrons. The summed E-state index contributed by atoms with van der Waals surface area (Å²) in [6, 6.07) is 7.16. The smallest absolute Gasteiger partial charge is 0.227 e. The highest BCUT2D eigenvalue weighted by molar-refractivity contribution is 5.93. The maximum absolute atomic E-state index is 13.7. The molecule has 25 heavy (non-hydrogen) atoms. The standard InChI is InChI=1S/C19H17F2N3O/c1-11-6-7-24-17-9-12(2-4-16(17)22-18(24)8-11)19(25)23-15-5-3-13(20)10-14(15)21/h3,5-8,10,12H,2,4,9H2,1H3,(H,23,25). The van der Waals surface area contributed by atoms with Crippen LogP contribution in [0.25, 0.3) is 5.65 Å². The molecule has 0 spiro atoms. The van der Waals surface area contributed by atoms with E-state index in [1.807, 2.05) is 29.7 Å². The fraction of sp³-hybridized carbons (Fsp3) is 0.263. The molecule has 1 unspecified atom stereocenters. The Hall–Kier alpha value is -2.76. The third kappa shape index (κ3) is 2.88. The Morgan fingerprint density at radius 2 is 2.12 bits per heavy atom. The van der Waals surface area contributed by atoms with Gasteiger partial charge in [0.25, 0.3) is 0 Å². The number of hydrogen-bond donors (Lipinski definition) is 1. The van der Waals surface area contributed by atoms with Crippen LogP contribution in [-0.4, -0.2) is 15.3 Å². The SMILES string of the molecule is Cc1ccn2c3c(nc2c1)CCC(C(=O)Nc1ccc(F)cc1F)C3. The van der Waals surface area contributed by atoms with Gasteiger partial charge in [-0.2, -0.15) is 0 Å². The third-order valence-corrected chi connectivity index (χ3v) is 4.69. The van der Waals surface area contributed by atoms with E-state index in [2.05, 4.69) is 10.3 Å². The maximum atomic E-state index is 13.7. The Bertz CT molecular complexity index is 980. The Kier molecular flexibility index (Phi) is 3.75. The number of benzene rings is 1. The molecule has 2 heterocycles. The first-order valence-corrected chi connectivity index (χ1v) is 8.23. The van der Waals surface area contributed by atoms with Gasteiger partial charge in [0.15, 0.2) is 0 Å². The Labute approximate surface area is 143 Å². The molecule has 0 saturated heterocycles. The number of aromatic nitrogens is 2. The number of halogens is 2. The molecule has 4 rings (SSSR count). The van der Waals surface area contributed by atoms with E-state index in [9.17, 15) is 13.6 Å². The topological polar surface area (TPSA) is 46.4 Å². The number of amides is 1. The molecule has 1 aromatic carbocycles. The average Bonchev–Trinajstić information content (AvgIpc) is 2.93. The van der Waals surface area contributed by atoms with E-state index in [0.29, 0.717) is 19.3 Å². The van der Waals surface area contributed by atoms with Crippen LogP contribution in [0.15, 0.2) is 36.5 Å². The lowest BCUT2D eigenvalue weighted by atomic mass is 9.89. The number of hydrogen-bond acceptors (Lipinski definition) is 2. The first kappa shape index (κ1) is 15.7. The number of pyridine rings is 1. The molecule has 1 aliphatic rings. The molecule has 4 nitrogen and oxygen atoms in total. The van der Waals surface area contributed by atoms with Crippen molar-refractivity contribution in [2.45, 2.75) is 26.2 Å². The molecule has 1 aliphatic carbocycles. The van der Waals surface area contributed by atoms with Gasteiger partial charge in [-0.1, -0.05) is 0 Å². The van der Waals surface area contributed by atoms with Gasteiger partial charge in [0.1, 0.15) is 17.3 Å². The van der Waals surface area contributed by atoms with Crippen LogP contribution in [0.2, 0.25) is 0 Å². The van der Waals surface area contributed by atoms with Crippen LogP contribution in [0.5, 0.6) is 0 Å². The van der Waals surface area contributed by atoms with Gasteiger partial charge in [-0.05, 0) is 49.6 Å². The van der Waals surface area contributed by atoms with Gasteiger partial charge in [0.2, 0.25) is 5.91 Å². The van der Waals surface area contributed by atoms with E-state index < -0.39 is 11.6 Å². The largest absolute Gasteiger partial charge is 0.323 e. The molecule has 0 radical (unpaired) electrons. The minimum atomic E-state index is -0.768. The number of carbonyl (C=O) groups is 1. The lowest BCUT2D eigenvalue weighted by Gasteiger charge is -2.21. The number of carbonyl (C=O) groups excluding carboxylic acids is 1. The number of nitrogens with one attached hydrogen (secondary N) is 1. The predicted molar refractivity (Wildman–Crippen MR) is 90.4 cm³/mol. The molecular formula is C19H17F2N3O. The highest BCUT2D eigenvalue weighted by Gasteiger charge is 2.28. The van der Waals surface area contributed by atoms with E-state index in [-0.39, 0.29) is 17.5 Å². The van der Waals surface area contributed by atoms with E-state index in [4.69, 9.17) is 0 Å². The summed E-state index contributed by atoms with van der Waals surface area (Å²) in [6.07, 6.45) is 3.88. The van der Waals surface area contributed by atoms with Gasteiger partial charge in [0, 0.05) is 30.3 Å². The molecule has 0 saturated carbocycles. The van der Waals surface area contributed by atoms with E-state index in [0.717, 1.165) is 34.7 Å². The molecule has 1 N–H and O–H groups in total. The lowest BCUT2D eigenvalue weighted by Crippen LogP contribution is -2.29. The monoisotopic (exact) mass is 341 g/mol. The quantitative estimate of drug-likeness (QED) is 0.773. The van der Waals surface area contributed by atoms with Crippen molar-refractivity contribution in [3.8, 4) is 0 Å². The normalized spacial score (nSPS) is 16.7. The highest BCUT2D eigenvalue weighted by Crippen LogP contribution is 2.28. The van der Waals surface area contributed by atoms with E-state index in [1.165, 1.54) is 6.07 Å². The third-order valence-electron chi connectivity index (χ3n) is 4.69. The van der Waals surface area contributed by atoms with Crippen LogP contribution in [0.3, 0.4) is 0 Å². The predicted octanol–water partition coefficient (Wildman–Crippen LogP) is 3.66. The van der Waals surface area contributed by atoms with Crippen LogP contribution in [0.1, 0.15) is 23.4 Å². The van der Waals surface area contributed by atoms with Crippen LogP contribution in [-0.2, 0) is 17.6 Å². The van der Waals surface area contributed by atoms with Crippen molar-refractivity contribution in [2.75, 3.05) is 5.32 Å².